The molecule has 0 aliphatic carbocycles. The number of carbonyl (C=O) groups excluding carboxylic acids is 1. The van der Waals surface area contributed by atoms with E-state index in [1.54, 1.807) is 24.3 Å². The first-order chi connectivity index (χ1) is 5.18. The lowest BCUT2D eigenvalue weighted by Gasteiger charge is -1.99. The number of anilines is 1. The molecule has 1 rings (SSSR count). The average molecular weight is 188 g/mol. The van der Waals surface area contributed by atoms with Crippen molar-refractivity contribution in [2.75, 3.05) is 5.32 Å². The van der Waals surface area contributed by atoms with Crippen molar-refractivity contribution in [3.8, 4) is 0 Å². The summed E-state index contributed by atoms with van der Waals surface area (Å²) in [5.74, 6) is 0. The molecule has 11 heavy (non-hydrogen) atoms. The lowest BCUT2D eigenvalue weighted by atomic mass is 10.3. The SMILES string of the molecule is O=C(S)Nc1ccc(Cl)cc1. The Hall–Kier alpha value is -0.670. The van der Waals surface area contributed by atoms with Crippen molar-refractivity contribution in [2.24, 2.45) is 0 Å². The Labute approximate surface area is 75.0 Å². The van der Waals surface area contributed by atoms with Crippen LogP contribution in [0.2, 0.25) is 5.02 Å². The van der Waals surface area contributed by atoms with Crippen molar-refractivity contribution >= 4 is 35.2 Å². The summed E-state index contributed by atoms with van der Waals surface area (Å²) in [6, 6.07) is 6.80. The van der Waals surface area contributed by atoms with E-state index in [-0.39, 0.29) is 5.24 Å². The third kappa shape index (κ3) is 2.82. The average Bonchev–Trinajstić information content (AvgIpc) is 1.93. The summed E-state index contributed by atoms with van der Waals surface area (Å²) in [7, 11) is 0. The van der Waals surface area contributed by atoms with Crippen molar-refractivity contribution in [2.45, 2.75) is 0 Å². The van der Waals surface area contributed by atoms with Crippen LogP contribution in [0.25, 0.3) is 0 Å². The van der Waals surface area contributed by atoms with Gasteiger partial charge in [0, 0.05) is 10.7 Å². The summed E-state index contributed by atoms with van der Waals surface area (Å²) in [5, 5.41) is 2.76. The van der Waals surface area contributed by atoms with Crippen LogP contribution < -0.4 is 5.32 Å². The zero-order valence-electron chi connectivity index (χ0n) is 5.54. The zero-order chi connectivity index (χ0) is 8.27. The highest BCUT2D eigenvalue weighted by Gasteiger charge is 1.93. The van der Waals surface area contributed by atoms with Gasteiger partial charge in [0.2, 0.25) is 0 Å². The van der Waals surface area contributed by atoms with Crippen LogP contribution >= 0.6 is 24.2 Å². The molecule has 0 aromatic heterocycles. The first-order valence-corrected chi connectivity index (χ1v) is 3.76. The normalized spacial score (nSPS) is 9.27. The highest BCUT2D eigenvalue weighted by molar-refractivity contribution is 7.96. The van der Waals surface area contributed by atoms with E-state index in [2.05, 4.69) is 17.9 Å². The van der Waals surface area contributed by atoms with E-state index in [1.165, 1.54) is 0 Å². The maximum absolute atomic E-state index is 10.4. The highest BCUT2D eigenvalue weighted by atomic mass is 35.5. The van der Waals surface area contributed by atoms with Gasteiger partial charge in [-0.3, -0.25) is 4.79 Å². The molecule has 58 valence electrons. The van der Waals surface area contributed by atoms with Crippen LogP contribution in [-0.2, 0) is 0 Å². The third-order valence-electron chi connectivity index (χ3n) is 1.10. The summed E-state index contributed by atoms with van der Waals surface area (Å²) in [5.41, 5.74) is 0.689. The number of benzene rings is 1. The second kappa shape index (κ2) is 3.64. The van der Waals surface area contributed by atoms with Gasteiger partial charge in [-0.15, -0.1) is 0 Å². The first-order valence-electron chi connectivity index (χ1n) is 2.94. The number of hydrogen-bond acceptors (Lipinski definition) is 1. The van der Waals surface area contributed by atoms with Crippen LogP contribution in [0.15, 0.2) is 24.3 Å². The Bertz CT molecular complexity index is 260. The molecule has 0 aliphatic heterocycles. The molecule has 1 amide bonds. The second-order valence-electron chi connectivity index (χ2n) is 1.94. The van der Waals surface area contributed by atoms with Gasteiger partial charge in [-0.2, -0.15) is 0 Å². The number of halogens is 1. The van der Waals surface area contributed by atoms with Gasteiger partial charge in [-0.05, 0) is 24.3 Å². The number of carbonyl (C=O) groups is 1. The van der Waals surface area contributed by atoms with Crippen LogP contribution in [0.3, 0.4) is 0 Å². The standard InChI is InChI=1S/C7H6ClNOS/c8-5-1-3-6(4-2-5)9-7(10)11/h1-4H,(H2,9,10,11). The first kappa shape index (κ1) is 8.43. The van der Waals surface area contributed by atoms with Crippen molar-refractivity contribution < 1.29 is 4.79 Å². The van der Waals surface area contributed by atoms with E-state index in [1.807, 2.05) is 0 Å². The lowest BCUT2D eigenvalue weighted by Crippen LogP contribution is -2.00. The van der Waals surface area contributed by atoms with Crippen molar-refractivity contribution in [1.29, 1.82) is 0 Å². The minimum absolute atomic E-state index is 0.382. The number of hydrogen-bond donors (Lipinski definition) is 2. The largest absolute Gasteiger partial charge is 0.317 e. The van der Waals surface area contributed by atoms with E-state index in [9.17, 15) is 4.79 Å². The van der Waals surface area contributed by atoms with E-state index in [0.29, 0.717) is 10.7 Å². The maximum atomic E-state index is 10.4. The monoisotopic (exact) mass is 187 g/mol. The number of thiol groups is 1. The molecular formula is C7H6ClNOS. The number of amides is 1. The Balaban J connectivity index is 2.74. The molecule has 4 heteroatoms. The topological polar surface area (TPSA) is 29.1 Å². The van der Waals surface area contributed by atoms with Crippen LogP contribution in [0.4, 0.5) is 10.5 Å². The minimum atomic E-state index is -0.382. The van der Waals surface area contributed by atoms with Gasteiger partial charge in [0.15, 0.2) is 0 Å². The molecule has 0 aliphatic rings. The Kier molecular flexibility index (Phi) is 2.79. The molecule has 0 heterocycles. The van der Waals surface area contributed by atoms with Gasteiger partial charge in [-0.25, -0.2) is 0 Å². The Morgan fingerprint density at radius 3 is 2.36 bits per heavy atom. The number of rotatable bonds is 1. The number of nitrogens with one attached hydrogen (secondary N) is 1. The van der Waals surface area contributed by atoms with E-state index in [4.69, 9.17) is 11.6 Å². The molecule has 0 radical (unpaired) electrons. The molecule has 0 saturated heterocycles. The molecule has 2 nitrogen and oxygen atoms in total. The van der Waals surface area contributed by atoms with Crippen LogP contribution in [0.1, 0.15) is 0 Å². The fourth-order valence-corrected chi connectivity index (χ4v) is 0.912. The molecule has 1 N–H and O–H groups in total. The molecule has 0 spiro atoms. The quantitative estimate of drug-likeness (QED) is 0.651. The predicted molar refractivity (Wildman–Crippen MR) is 49.5 cm³/mol. The van der Waals surface area contributed by atoms with Gasteiger partial charge in [0.1, 0.15) is 0 Å². The summed E-state index contributed by atoms with van der Waals surface area (Å²) in [6.45, 7) is 0. The fourth-order valence-electron chi connectivity index (χ4n) is 0.657. The molecule has 0 saturated carbocycles. The molecular weight excluding hydrogens is 182 g/mol. The van der Waals surface area contributed by atoms with E-state index < -0.39 is 0 Å². The van der Waals surface area contributed by atoms with Gasteiger partial charge in [0.05, 0.1) is 0 Å². The fraction of sp³-hybridized carbons (Fsp3) is 0. The maximum Gasteiger partial charge on any atom is 0.280 e. The summed E-state index contributed by atoms with van der Waals surface area (Å²) >= 11 is 9.17. The Morgan fingerprint density at radius 2 is 1.91 bits per heavy atom. The molecule has 1 aromatic carbocycles. The van der Waals surface area contributed by atoms with Gasteiger partial charge < -0.3 is 5.32 Å². The lowest BCUT2D eigenvalue weighted by molar-refractivity contribution is 0.270. The van der Waals surface area contributed by atoms with Crippen molar-refractivity contribution in [1.82, 2.24) is 0 Å². The molecule has 0 fully saturated rings. The van der Waals surface area contributed by atoms with Crippen LogP contribution in [0, 0.1) is 0 Å². The van der Waals surface area contributed by atoms with E-state index in [0.717, 1.165) is 0 Å². The zero-order valence-corrected chi connectivity index (χ0v) is 7.19. The molecule has 0 bridgehead atoms. The van der Waals surface area contributed by atoms with Gasteiger partial charge in [0.25, 0.3) is 5.24 Å². The van der Waals surface area contributed by atoms with Crippen molar-refractivity contribution in [3.05, 3.63) is 29.3 Å². The van der Waals surface area contributed by atoms with Crippen molar-refractivity contribution in [3.63, 3.8) is 0 Å². The van der Waals surface area contributed by atoms with Crippen LogP contribution in [0.5, 0.6) is 0 Å². The summed E-state index contributed by atoms with van der Waals surface area (Å²) in [4.78, 5) is 10.4. The summed E-state index contributed by atoms with van der Waals surface area (Å²) < 4.78 is 0. The predicted octanol–water partition coefficient (Wildman–Crippen LogP) is 2.80. The second-order valence-corrected chi connectivity index (χ2v) is 2.78. The molecule has 0 atom stereocenters. The Morgan fingerprint density at radius 1 is 1.36 bits per heavy atom. The smallest absolute Gasteiger partial charge is 0.280 e. The third-order valence-corrected chi connectivity index (χ3v) is 1.46. The molecule has 0 unspecified atom stereocenters. The van der Waals surface area contributed by atoms with E-state index >= 15 is 0 Å². The van der Waals surface area contributed by atoms with Crippen LogP contribution in [-0.4, -0.2) is 5.24 Å². The summed E-state index contributed by atoms with van der Waals surface area (Å²) in [6.07, 6.45) is 0. The minimum Gasteiger partial charge on any atom is -0.317 e. The molecule has 1 aromatic rings. The highest BCUT2D eigenvalue weighted by Crippen LogP contribution is 2.13. The van der Waals surface area contributed by atoms with Gasteiger partial charge in [-0.1, -0.05) is 24.2 Å². The van der Waals surface area contributed by atoms with Gasteiger partial charge >= 0.3 is 0 Å².